The third-order valence-corrected chi connectivity index (χ3v) is 4.44. The Morgan fingerprint density at radius 3 is 1.65 bits per heavy atom. The van der Waals surface area contributed by atoms with Crippen molar-refractivity contribution >= 4 is 35.1 Å². The van der Waals surface area contributed by atoms with Crippen LogP contribution < -0.4 is 0 Å². The molecule has 0 aromatic heterocycles. The molecule has 0 aliphatic heterocycles. The molecule has 0 saturated carbocycles. The van der Waals surface area contributed by atoms with Gasteiger partial charge in [0.2, 0.25) is 0 Å². The van der Waals surface area contributed by atoms with Crippen molar-refractivity contribution in [1.29, 1.82) is 0 Å². The summed E-state index contributed by atoms with van der Waals surface area (Å²) >= 11 is 0. The third-order valence-electron chi connectivity index (χ3n) is 4.44. The predicted octanol–water partition coefficient (Wildman–Crippen LogP) is 7.18. The van der Waals surface area contributed by atoms with E-state index in [1.165, 1.54) is 33.0 Å². The second-order valence-electron chi connectivity index (χ2n) is 6.32. The van der Waals surface area contributed by atoms with Crippen molar-refractivity contribution in [1.82, 2.24) is 0 Å². The zero-order chi connectivity index (χ0) is 17.6. The van der Waals surface area contributed by atoms with E-state index in [1.54, 1.807) is 0 Å². The molecular weight excluding hydrogens is 312 g/mol. The standard InChI is InChI=1S/C26H20/c1-3-9-21(10-4-1)15-16-23-19-24-13-7-8-14-26(24)25(20-23)18-17-22-11-5-2-6-12-22/h1-20H/b16-15+,18-17+. The average molecular weight is 332 g/mol. The summed E-state index contributed by atoms with van der Waals surface area (Å²) in [6.45, 7) is 0. The van der Waals surface area contributed by atoms with E-state index in [0.29, 0.717) is 0 Å². The topological polar surface area (TPSA) is 0 Å². The number of fused-ring (bicyclic) bond motifs is 1. The Morgan fingerprint density at radius 2 is 0.962 bits per heavy atom. The van der Waals surface area contributed by atoms with Crippen molar-refractivity contribution in [2.24, 2.45) is 0 Å². The maximum atomic E-state index is 2.25. The molecule has 0 heteroatoms. The SMILES string of the molecule is C(=C\c1cc(/C=C/c2ccccc2)c2ccccc2c1)/c1ccccc1. The van der Waals surface area contributed by atoms with E-state index in [4.69, 9.17) is 0 Å². The minimum absolute atomic E-state index is 1.21. The number of hydrogen-bond acceptors (Lipinski definition) is 0. The zero-order valence-electron chi connectivity index (χ0n) is 14.5. The summed E-state index contributed by atoms with van der Waals surface area (Å²) in [6, 6.07) is 33.9. The second-order valence-corrected chi connectivity index (χ2v) is 6.32. The maximum Gasteiger partial charge on any atom is -0.0111 e. The van der Waals surface area contributed by atoms with Gasteiger partial charge in [-0.25, -0.2) is 0 Å². The molecule has 0 spiro atoms. The lowest BCUT2D eigenvalue weighted by molar-refractivity contribution is 1.65. The van der Waals surface area contributed by atoms with Crippen molar-refractivity contribution in [3.63, 3.8) is 0 Å². The van der Waals surface area contributed by atoms with Crippen molar-refractivity contribution in [2.45, 2.75) is 0 Å². The summed E-state index contributed by atoms with van der Waals surface area (Å²) in [4.78, 5) is 0. The Balaban J connectivity index is 1.74. The Bertz CT molecular complexity index is 1050. The lowest BCUT2D eigenvalue weighted by Crippen LogP contribution is -1.82. The van der Waals surface area contributed by atoms with Gasteiger partial charge in [0, 0.05) is 0 Å². The molecule has 0 saturated heterocycles. The summed E-state index contributed by atoms with van der Waals surface area (Å²) < 4.78 is 0. The van der Waals surface area contributed by atoms with Gasteiger partial charge in [-0.3, -0.25) is 0 Å². The van der Waals surface area contributed by atoms with Crippen LogP contribution >= 0.6 is 0 Å². The van der Waals surface area contributed by atoms with Gasteiger partial charge < -0.3 is 0 Å². The average Bonchev–Trinajstić information content (AvgIpc) is 2.72. The summed E-state index contributed by atoms with van der Waals surface area (Å²) in [5, 5.41) is 2.53. The van der Waals surface area contributed by atoms with Gasteiger partial charge in [0.1, 0.15) is 0 Å². The van der Waals surface area contributed by atoms with Crippen molar-refractivity contribution in [3.8, 4) is 0 Å². The maximum absolute atomic E-state index is 2.25. The first-order chi connectivity index (χ1) is 12.9. The second kappa shape index (κ2) is 7.67. The van der Waals surface area contributed by atoms with Crippen LogP contribution in [0.5, 0.6) is 0 Å². The molecule has 0 amide bonds. The highest BCUT2D eigenvalue weighted by atomic mass is 14.0. The van der Waals surface area contributed by atoms with E-state index >= 15 is 0 Å². The van der Waals surface area contributed by atoms with Gasteiger partial charge in [-0.2, -0.15) is 0 Å². The van der Waals surface area contributed by atoms with Crippen LogP contribution in [0.4, 0.5) is 0 Å². The fourth-order valence-electron chi connectivity index (χ4n) is 3.11. The van der Waals surface area contributed by atoms with Crippen LogP contribution in [-0.4, -0.2) is 0 Å². The Labute approximate surface area is 154 Å². The molecule has 0 atom stereocenters. The van der Waals surface area contributed by atoms with E-state index in [0.717, 1.165) is 0 Å². The summed E-state index contributed by atoms with van der Waals surface area (Å²) in [5.41, 5.74) is 4.86. The minimum atomic E-state index is 1.21. The highest BCUT2D eigenvalue weighted by Crippen LogP contribution is 2.24. The highest BCUT2D eigenvalue weighted by Gasteiger charge is 2.00. The molecule has 0 radical (unpaired) electrons. The van der Waals surface area contributed by atoms with E-state index in [-0.39, 0.29) is 0 Å². The first-order valence-electron chi connectivity index (χ1n) is 8.87. The number of benzene rings is 4. The molecule has 0 unspecified atom stereocenters. The summed E-state index contributed by atoms with van der Waals surface area (Å²) in [5.74, 6) is 0. The molecule has 0 heterocycles. The van der Waals surface area contributed by atoms with Crippen molar-refractivity contribution < 1.29 is 0 Å². The van der Waals surface area contributed by atoms with E-state index in [1.807, 2.05) is 12.1 Å². The first kappa shape index (κ1) is 16.1. The van der Waals surface area contributed by atoms with Gasteiger partial charge in [0.25, 0.3) is 0 Å². The Hall–Kier alpha value is -3.38. The van der Waals surface area contributed by atoms with Crippen LogP contribution in [-0.2, 0) is 0 Å². The molecule has 4 aromatic carbocycles. The summed E-state index contributed by atoms with van der Waals surface area (Å²) in [6.07, 6.45) is 8.72. The number of hydrogen-bond donors (Lipinski definition) is 0. The van der Waals surface area contributed by atoms with Gasteiger partial charge in [0.05, 0.1) is 0 Å². The third kappa shape index (κ3) is 3.81. The normalized spacial score (nSPS) is 11.5. The van der Waals surface area contributed by atoms with Crippen LogP contribution in [0.25, 0.3) is 35.1 Å². The molecule has 124 valence electrons. The molecular formula is C26H20. The van der Waals surface area contributed by atoms with Crippen LogP contribution in [0.15, 0.2) is 97.1 Å². The lowest BCUT2D eigenvalue weighted by atomic mass is 9.99. The lowest BCUT2D eigenvalue weighted by Gasteiger charge is -2.05. The molecule has 0 aliphatic rings. The van der Waals surface area contributed by atoms with Crippen molar-refractivity contribution in [2.75, 3.05) is 0 Å². The van der Waals surface area contributed by atoms with Crippen LogP contribution in [0, 0.1) is 0 Å². The quantitative estimate of drug-likeness (QED) is 0.347. The fraction of sp³-hybridized carbons (Fsp3) is 0. The van der Waals surface area contributed by atoms with Crippen LogP contribution in [0.3, 0.4) is 0 Å². The molecule has 4 aromatic rings. The molecule has 0 fully saturated rings. The van der Waals surface area contributed by atoms with Gasteiger partial charge >= 0.3 is 0 Å². The molecule has 0 nitrogen and oxygen atoms in total. The summed E-state index contributed by atoms with van der Waals surface area (Å²) in [7, 11) is 0. The molecule has 0 aliphatic carbocycles. The smallest absolute Gasteiger partial charge is 0.0111 e. The predicted molar refractivity (Wildman–Crippen MR) is 115 cm³/mol. The van der Waals surface area contributed by atoms with Crippen LogP contribution in [0.2, 0.25) is 0 Å². The Morgan fingerprint density at radius 1 is 0.423 bits per heavy atom. The zero-order valence-corrected chi connectivity index (χ0v) is 14.5. The Kier molecular flexibility index (Phi) is 4.75. The molecule has 0 bridgehead atoms. The molecule has 4 rings (SSSR count). The first-order valence-corrected chi connectivity index (χ1v) is 8.87. The van der Waals surface area contributed by atoms with E-state index < -0.39 is 0 Å². The molecule has 0 N–H and O–H groups in total. The van der Waals surface area contributed by atoms with Gasteiger partial charge in [0.15, 0.2) is 0 Å². The minimum Gasteiger partial charge on any atom is -0.0622 e. The van der Waals surface area contributed by atoms with Crippen molar-refractivity contribution in [3.05, 3.63) is 119 Å². The number of rotatable bonds is 4. The largest absolute Gasteiger partial charge is 0.0622 e. The highest BCUT2D eigenvalue weighted by molar-refractivity contribution is 5.95. The van der Waals surface area contributed by atoms with E-state index in [9.17, 15) is 0 Å². The van der Waals surface area contributed by atoms with Gasteiger partial charge in [-0.05, 0) is 45.2 Å². The molecule has 26 heavy (non-hydrogen) atoms. The fourth-order valence-corrected chi connectivity index (χ4v) is 3.11. The van der Waals surface area contributed by atoms with E-state index in [2.05, 4.69) is 109 Å². The monoisotopic (exact) mass is 332 g/mol. The van der Waals surface area contributed by atoms with Crippen LogP contribution in [0.1, 0.15) is 22.3 Å². The van der Waals surface area contributed by atoms with Gasteiger partial charge in [-0.1, -0.05) is 109 Å². The van der Waals surface area contributed by atoms with Gasteiger partial charge in [-0.15, -0.1) is 0 Å².